The molecule has 0 amide bonds. The van der Waals surface area contributed by atoms with Gasteiger partial charge in [-0.15, -0.1) is 0 Å². The highest BCUT2D eigenvalue weighted by atomic mass is 16.5. The van der Waals surface area contributed by atoms with E-state index in [4.69, 9.17) is 9.47 Å². The number of hydrogen-bond donors (Lipinski definition) is 0. The smallest absolute Gasteiger partial charge is 0.305 e. The molecule has 0 radical (unpaired) electrons. The van der Waals surface area contributed by atoms with E-state index in [0.717, 1.165) is 23.0 Å². The molecule has 1 aromatic heterocycles. The average molecular weight is 328 g/mol. The standard InChI is InChI=1S/C17H20N4O3/c1-23-12-21-14-7-4-3-6-13(14)20(11-5-8-15(22)24-2)16-17(21)19-10-9-18-16/h3-4,6-7,9-10H,5,8,11-12H2,1-2H3. The highest BCUT2D eigenvalue weighted by molar-refractivity contribution is 5.89. The minimum absolute atomic E-state index is 0.208. The summed E-state index contributed by atoms with van der Waals surface area (Å²) in [6, 6.07) is 8.03. The average Bonchev–Trinajstić information content (AvgIpc) is 2.63. The first kappa shape index (κ1) is 16.2. The topological polar surface area (TPSA) is 67.8 Å². The molecule has 24 heavy (non-hydrogen) atoms. The molecule has 0 atom stereocenters. The lowest BCUT2D eigenvalue weighted by atomic mass is 10.1. The minimum Gasteiger partial charge on any atom is -0.469 e. The summed E-state index contributed by atoms with van der Waals surface area (Å²) in [5.74, 6) is 1.30. The van der Waals surface area contributed by atoms with Crippen LogP contribution in [0.3, 0.4) is 0 Å². The molecule has 3 rings (SSSR count). The second kappa shape index (κ2) is 7.27. The van der Waals surface area contributed by atoms with Crippen molar-refractivity contribution in [1.82, 2.24) is 9.97 Å². The first-order valence-electron chi connectivity index (χ1n) is 7.77. The van der Waals surface area contributed by atoms with E-state index in [1.54, 1.807) is 19.5 Å². The summed E-state index contributed by atoms with van der Waals surface area (Å²) in [7, 11) is 3.06. The molecular weight excluding hydrogens is 308 g/mol. The van der Waals surface area contributed by atoms with Crippen molar-refractivity contribution in [3.63, 3.8) is 0 Å². The Morgan fingerprint density at radius 2 is 1.67 bits per heavy atom. The predicted octanol–water partition coefficient (Wildman–Crippen LogP) is 2.62. The number of aromatic nitrogens is 2. The van der Waals surface area contributed by atoms with Crippen molar-refractivity contribution in [1.29, 1.82) is 0 Å². The van der Waals surface area contributed by atoms with Gasteiger partial charge >= 0.3 is 5.97 Å². The van der Waals surface area contributed by atoms with Gasteiger partial charge in [0, 0.05) is 32.5 Å². The van der Waals surface area contributed by atoms with Crippen LogP contribution in [0, 0.1) is 0 Å². The second-order valence-electron chi connectivity index (χ2n) is 5.37. The van der Waals surface area contributed by atoms with Crippen LogP contribution >= 0.6 is 0 Å². The number of para-hydroxylation sites is 2. The van der Waals surface area contributed by atoms with Crippen molar-refractivity contribution in [3.8, 4) is 0 Å². The normalized spacial score (nSPS) is 12.6. The van der Waals surface area contributed by atoms with Crippen LogP contribution in [-0.4, -0.2) is 43.4 Å². The van der Waals surface area contributed by atoms with Gasteiger partial charge in [-0.25, -0.2) is 9.97 Å². The zero-order valence-corrected chi connectivity index (χ0v) is 13.8. The number of esters is 1. The molecule has 0 spiro atoms. The predicted molar refractivity (Wildman–Crippen MR) is 90.7 cm³/mol. The third kappa shape index (κ3) is 3.03. The maximum atomic E-state index is 11.4. The Balaban J connectivity index is 1.95. The molecular formula is C17H20N4O3. The zero-order chi connectivity index (χ0) is 16.9. The van der Waals surface area contributed by atoms with Crippen molar-refractivity contribution in [2.45, 2.75) is 12.8 Å². The van der Waals surface area contributed by atoms with E-state index in [0.29, 0.717) is 26.1 Å². The summed E-state index contributed by atoms with van der Waals surface area (Å²) in [6.07, 6.45) is 4.38. The molecule has 0 N–H and O–H groups in total. The van der Waals surface area contributed by atoms with E-state index in [1.807, 2.05) is 29.2 Å². The maximum absolute atomic E-state index is 11.4. The molecule has 126 valence electrons. The number of nitrogens with zero attached hydrogens (tertiary/aromatic N) is 4. The summed E-state index contributed by atoms with van der Waals surface area (Å²) < 4.78 is 10.1. The van der Waals surface area contributed by atoms with Crippen molar-refractivity contribution in [2.75, 3.05) is 37.3 Å². The quantitative estimate of drug-likeness (QED) is 0.755. The third-order valence-corrected chi connectivity index (χ3v) is 3.88. The minimum atomic E-state index is -0.208. The molecule has 0 saturated carbocycles. The summed E-state index contributed by atoms with van der Waals surface area (Å²) in [4.78, 5) is 24.5. The van der Waals surface area contributed by atoms with E-state index in [-0.39, 0.29) is 5.97 Å². The van der Waals surface area contributed by atoms with Gasteiger partial charge in [0.2, 0.25) is 0 Å². The van der Waals surface area contributed by atoms with Crippen molar-refractivity contribution in [2.24, 2.45) is 0 Å². The molecule has 0 saturated heterocycles. The van der Waals surface area contributed by atoms with Gasteiger partial charge in [-0.2, -0.15) is 0 Å². The molecule has 1 aromatic carbocycles. The highest BCUT2D eigenvalue weighted by Gasteiger charge is 2.30. The third-order valence-electron chi connectivity index (χ3n) is 3.88. The van der Waals surface area contributed by atoms with Gasteiger partial charge in [0.1, 0.15) is 6.73 Å². The second-order valence-corrected chi connectivity index (χ2v) is 5.37. The number of carbonyl (C=O) groups is 1. The SMILES string of the molecule is COCN1c2ccccc2N(CCCC(=O)OC)c2nccnc21. The van der Waals surface area contributed by atoms with Crippen LogP contribution in [0.15, 0.2) is 36.7 Å². The van der Waals surface area contributed by atoms with E-state index in [2.05, 4.69) is 14.9 Å². The van der Waals surface area contributed by atoms with Gasteiger partial charge in [0.15, 0.2) is 11.6 Å². The van der Waals surface area contributed by atoms with Crippen LogP contribution in [0.4, 0.5) is 23.0 Å². The van der Waals surface area contributed by atoms with Crippen LogP contribution in [0.5, 0.6) is 0 Å². The van der Waals surface area contributed by atoms with Gasteiger partial charge in [0.25, 0.3) is 0 Å². The van der Waals surface area contributed by atoms with Gasteiger partial charge < -0.3 is 14.4 Å². The zero-order valence-electron chi connectivity index (χ0n) is 13.8. The number of methoxy groups -OCH3 is 2. The summed E-state index contributed by atoms with van der Waals surface area (Å²) >= 11 is 0. The lowest BCUT2D eigenvalue weighted by Crippen LogP contribution is -2.33. The Kier molecular flexibility index (Phi) is 4.90. The monoisotopic (exact) mass is 328 g/mol. The van der Waals surface area contributed by atoms with Gasteiger partial charge in [-0.3, -0.25) is 9.69 Å². The van der Waals surface area contributed by atoms with E-state index < -0.39 is 0 Å². The summed E-state index contributed by atoms with van der Waals surface area (Å²) in [5, 5.41) is 0. The van der Waals surface area contributed by atoms with E-state index in [9.17, 15) is 4.79 Å². The molecule has 0 fully saturated rings. The molecule has 2 heterocycles. The molecule has 0 bridgehead atoms. The fourth-order valence-corrected chi connectivity index (χ4v) is 2.82. The van der Waals surface area contributed by atoms with Crippen molar-refractivity contribution >= 4 is 29.0 Å². The Bertz CT molecular complexity index is 675. The van der Waals surface area contributed by atoms with Crippen LogP contribution in [-0.2, 0) is 14.3 Å². The van der Waals surface area contributed by atoms with Gasteiger partial charge in [0.05, 0.1) is 18.5 Å². The Labute approximate surface area is 140 Å². The molecule has 7 nitrogen and oxygen atoms in total. The lowest BCUT2D eigenvalue weighted by molar-refractivity contribution is -0.140. The van der Waals surface area contributed by atoms with E-state index in [1.165, 1.54) is 7.11 Å². The highest BCUT2D eigenvalue weighted by Crippen LogP contribution is 2.45. The van der Waals surface area contributed by atoms with Crippen LogP contribution in [0.25, 0.3) is 0 Å². The molecule has 2 aromatic rings. The number of anilines is 4. The number of fused-ring (bicyclic) bond motifs is 2. The largest absolute Gasteiger partial charge is 0.469 e. The van der Waals surface area contributed by atoms with Crippen LogP contribution in [0.2, 0.25) is 0 Å². The maximum Gasteiger partial charge on any atom is 0.305 e. The number of carbonyl (C=O) groups excluding carboxylic acids is 1. The first-order chi connectivity index (χ1) is 11.8. The fourth-order valence-electron chi connectivity index (χ4n) is 2.82. The molecule has 0 aliphatic carbocycles. The molecule has 7 heteroatoms. The molecule has 1 aliphatic heterocycles. The Morgan fingerprint density at radius 3 is 2.29 bits per heavy atom. The van der Waals surface area contributed by atoms with Gasteiger partial charge in [-0.1, -0.05) is 12.1 Å². The Morgan fingerprint density at radius 1 is 1.04 bits per heavy atom. The van der Waals surface area contributed by atoms with Gasteiger partial charge in [-0.05, 0) is 18.6 Å². The number of ether oxygens (including phenoxy) is 2. The van der Waals surface area contributed by atoms with Crippen molar-refractivity contribution in [3.05, 3.63) is 36.7 Å². The number of rotatable bonds is 6. The summed E-state index contributed by atoms with van der Waals surface area (Å²) in [6.45, 7) is 1.04. The van der Waals surface area contributed by atoms with Crippen molar-refractivity contribution < 1.29 is 14.3 Å². The van der Waals surface area contributed by atoms with Crippen LogP contribution < -0.4 is 9.80 Å². The fraction of sp³-hybridized carbons (Fsp3) is 0.353. The summed E-state index contributed by atoms with van der Waals surface area (Å²) in [5.41, 5.74) is 2.03. The lowest BCUT2D eigenvalue weighted by Gasteiger charge is -2.37. The molecule has 1 aliphatic rings. The number of benzene rings is 1. The molecule has 0 unspecified atom stereocenters. The number of hydrogen-bond acceptors (Lipinski definition) is 7. The van der Waals surface area contributed by atoms with E-state index >= 15 is 0 Å². The van der Waals surface area contributed by atoms with Crippen LogP contribution in [0.1, 0.15) is 12.8 Å². The first-order valence-corrected chi connectivity index (χ1v) is 7.77. The Hall–Kier alpha value is -2.67.